The van der Waals surface area contributed by atoms with Gasteiger partial charge in [0, 0.05) is 5.38 Å². The van der Waals surface area contributed by atoms with E-state index < -0.39 is 0 Å². The van der Waals surface area contributed by atoms with E-state index in [2.05, 4.69) is 10.3 Å². The molecule has 100 valence electrons. The van der Waals surface area contributed by atoms with Crippen molar-refractivity contribution in [2.45, 2.75) is 6.92 Å². The molecule has 1 N–H and O–H groups in total. The largest absolute Gasteiger partial charge is 0.482 e. The molecule has 0 radical (unpaired) electrons. The summed E-state index contributed by atoms with van der Waals surface area (Å²) >= 11 is 13.1. The first kappa shape index (κ1) is 14.1. The first-order chi connectivity index (χ1) is 9.06. The van der Waals surface area contributed by atoms with Crippen LogP contribution in [0.3, 0.4) is 0 Å². The summed E-state index contributed by atoms with van der Waals surface area (Å²) in [5.74, 6) is 0.0741. The summed E-state index contributed by atoms with van der Waals surface area (Å²) in [6, 6.07) is 5.00. The second-order valence-electron chi connectivity index (χ2n) is 3.68. The minimum atomic E-state index is -0.301. The van der Waals surface area contributed by atoms with Gasteiger partial charge in [-0.25, -0.2) is 4.98 Å². The van der Waals surface area contributed by atoms with Crippen molar-refractivity contribution in [3.8, 4) is 5.75 Å². The number of aryl methyl sites for hydroxylation is 1. The molecule has 0 spiro atoms. The van der Waals surface area contributed by atoms with Crippen molar-refractivity contribution < 1.29 is 9.53 Å². The molecule has 2 aromatic rings. The van der Waals surface area contributed by atoms with E-state index in [0.29, 0.717) is 20.9 Å². The van der Waals surface area contributed by atoms with E-state index >= 15 is 0 Å². The number of thiazole rings is 1. The molecule has 0 aliphatic rings. The van der Waals surface area contributed by atoms with Gasteiger partial charge >= 0.3 is 0 Å². The standard InChI is InChI=1S/C12H10Cl2N2O2S/c1-7-6-19-12(15-7)16-10(17)5-18-9-4-2-3-8(13)11(9)14/h2-4,6H,5H2,1H3,(H,15,16,17). The number of hydrogen-bond donors (Lipinski definition) is 1. The molecular weight excluding hydrogens is 307 g/mol. The van der Waals surface area contributed by atoms with E-state index in [1.165, 1.54) is 11.3 Å². The van der Waals surface area contributed by atoms with Crippen LogP contribution < -0.4 is 10.1 Å². The summed E-state index contributed by atoms with van der Waals surface area (Å²) in [4.78, 5) is 15.8. The van der Waals surface area contributed by atoms with Crippen molar-refractivity contribution in [3.63, 3.8) is 0 Å². The van der Waals surface area contributed by atoms with Crippen molar-refractivity contribution >= 4 is 45.6 Å². The quantitative estimate of drug-likeness (QED) is 0.934. The number of carbonyl (C=O) groups is 1. The minimum Gasteiger partial charge on any atom is -0.482 e. The Morgan fingerprint density at radius 3 is 2.95 bits per heavy atom. The number of ether oxygens (including phenoxy) is 1. The van der Waals surface area contributed by atoms with Crippen LogP contribution in [0.25, 0.3) is 0 Å². The van der Waals surface area contributed by atoms with Crippen molar-refractivity contribution in [2.75, 3.05) is 11.9 Å². The molecule has 2 rings (SSSR count). The van der Waals surface area contributed by atoms with E-state index in [-0.39, 0.29) is 12.5 Å². The molecule has 0 aliphatic carbocycles. The Hall–Kier alpha value is -1.30. The SMILES string of the molecule is Cc1csc(NC(=O)COc2cccc(Cl)c2Cl)n1. The molecule has 0 fully saturated rings. The predicted octanol–water partition coefficient (Wildman–Crippen LogP) is 3.78. The molecule has 1 amide bonds. The van der Waals surface area contributed by atoms with Gasteiger partial charge in [-0.1, -0.05) is 29.3 Å². The first-order valence-corrected chi connectivity index (χ1v) is 6.98. The van der Waals surface area contributed by atoms with Crippen molar-refractivity contribution in [2.24, 2.45) is 0 Å². The van der Waals surface area contributed by atoms with Crippen LogP contribution in [0.4, 0.5) is 5.13 Å². The molecule has 19 heavy (non-hydrogen) atoms. The lowest BCUT2D eigenvalue weighted by Crippen LogP contribution is -2.20. The molecule has 0 unspecified atom stereocenters. The molecule has 1 aromatic heterocycles. The zero-order valence-corrected chi connectivity index (χ0v) is 12.3. The zero-order valence-electron chi connectivity index (χ0n) is 9.94. The average molecular weight is 317 g/mol. The molecule has 0 saturated heterocycles. The van der Waals surface area contributed by atoms with Gasteiger partial charge in [0.1, 0.15) is 10.8 Å². The van der Waals surface area contributed by atoms with E-state index in [9.17, 15) is 4.79 Å². The van der Waals surface area contributed by atoms with Crippen LogP contribution in [0.2, 0.25) is 10.0 Å². The number of benzene rings is 1. The Kier molecular flexibility index (Phi) is 4.63. The van der Waals surface area contributed by atoms with Gasteiger partial charge in [-0.3, -0.25) is 10.1 Å². The van der Waals surface area contributed by atoms with Crippen LogP contribution in [0, 0.1) is 6.92 Å². The number of nitrogens with one attached hydrogen (secondary N) is 1. The van der Waals surface area contributed by atoms with E-state index in [0.717, 1.165) is 5.69 Å². The third-order valence-electron chi connectivity index (χ3n) is 2.14. The van der Waals surface area contributed by atoms with Crippen LogP contribution in [-0.4, -0.2) is 17.5 Å². The fourth-order valence-electron chi connectivity index (χ4n) is 1.31. The second kappa shape index (κ2) is 6.23. The lowest BCUT2D eigenvalue weighted by Gasteiger charge is -2.08. The maximum absolute atomic E-state index is 11.6. The molecule has 0 atom stereocenters. The van der Waals surface area contributed by atoms with Gasteiger partial charge in [0.05, 0.1) is 10.7 Å². The Labute approximate surface area is 124 Å². The highest BCUT2D eigenvalue weighted by Gasteiger charge is 2.09. The lowest BCUT2D eigenvalue weighted by molar-refractivity contribution is -0.118. The van der Waals surface area contributed by atoms with Crippen LogP contribution in [0.1, 0.15) is 5.69 Å². The molecule has 0 aliphatic heterocycles. The Bertz CT molecular complexity index is 601. The summed E-state index contributed by atoms with van der Waals surface area (Å²) in [6.07, 6.45) is 0. The third kappa shape index (κ3) is 3.83. The molecule has 1 heterocycles. The Morgan fingerprint density at radius 2 is 2.26 bits per heavy atom. The highest BCUT2D eigenvalue weighted by atomic mass is 35.5. The minimum absolute atomic E-state index is 0.154. The van der Waals surface area contributed by atoms with Crippen molar-refractivity contribution in [3.05, 3.63) is 39.3 Å². The highest BCUT2D eigenvalue weighted by Crippen LogP contribution is 2.31. The van der Waals surface area contributed by atoms with Gasteiger partial charge < -0.3 is 4.74 Å². The Balaban J connectivity index is 1.91. The average Bonchev–Trinajstić information content (AvgIpc) is 2.76. The van der Waals surface area contributed by atoms with Gasteiger partial charge in [0.25, 0.3) is 5.91 Å². The summed E-state index contributed by atoms with van der Waals surface area (Å²) in [6.45, 7) is 1.70. The van der Waals surface area contributed by atoms with Crippen LogP contribution in [-0.2, 0) is 4.79 Å². The number of amides is 1. The summed E-state index contributed by atoms with van der Waals surface area (Å²) < 4.78 is 5.31. The molecule has 4 nitrogen and oxygen atoms in total. The normalized spacial score (nSPS) is 10.3. The van der Waals surface area contributed by atoms with E-state index in [1.54, 1.807) is 18.2 Å². The topological polar surface area (TPSA) is 51.2 Å². The number of aromatic nitrogens is 1. The van der Waals surface area contributed by atoms with Crippen LogP contribution in [0.5, 0.6) is 5.75 Å². The molecule has 7 heteroatoms. The van der Waals surface area contributed by atoms with Gasteiger partial charge in [-0.2, -0.15) is 0 Å². The van der Waals surface area contributed by atoms with E-state index in [4.69, 9.17) is 27.9 Å². The lowest BCUT2D eigenvalue weighted by atomic mass is 10.3. The fourth-order valence-corrected chi connectivity index (χ4v) is 2.36. The number of rotatable bonds is 4. The predicted molar refractivity (Wildman–Crippen MR) is 77.4 cm³/mol. The fraction of sp³-hybridized carbons (Fsp3) is 0.167. The number of hydrogen-bond acceptors (Lipinski definition) is 4. The summed E-state index contributed by atoms with van der Waals surface area (Å²) in [5.41, 5.74) is 0.860. The van der Waals surface area contributed by atoms with Gasteiger partial charge in [0.15, 0.2) is 11.7 Å². The van der Waals surface area contributed by atoms with Crippen LogP contribution >= 0.6 is 34.5 Å². The molecule has 1 aromatic carbocycles. The van der Waals surface area contributed by atoms with Gasteiger partial charge in [-0.05, 0) is 19.1 Å². The number of halogens is 2. The summed E-state index contributed by atoms with van der Waals surface area (Å²) in [7, 11) is 0. The monoisotopic (exact) mass is 316 g/mol. The molecular formula is C12H10Cl2N2O2S. The van der Waals surface area contributed by atoms with Gasteiger partial charge in [-0.15, -0.1) is 11.3 Å². The van der Waals surface area contributed by atoms with Crippen molar-refractivity contribution in [1.82, 2.24) is 4.98 Å². The first-order valence-electron chi connectivity index (χ1n) is 5.35. The Morgan fingerprint density at radius 1 is 1.47 bits per heavy atom. The molecule has 0 saturated carbocycles. The molecule has 0 bridgehead atoms. The maximum Gasteiger partial charge on any atom is 0.264 e. The maximum atomic E-state index is 11.6. The van der Waals surface area contributed by atoms with Crippen molar-refractivity contribution in [1.29, 1.82) is 0 Å². The summed E-state index contributed by atoms with van der Waals surface area (Å²) in [5, 5.41) is 5.71. The van der Waals surface area contributed by atoms with E-state index in [1.807, 2.05) is 12.3 Å². The number of anilines is 1. The number of nitrogens with zero attached hydrogens (tertiary/aromatic N) is 1. The third-order valence-corrected chi connectivity index (χ3v) is 3.82. The number of carbonyl (C=O) groups excluding carboxylic acids is 1. The zero-order chi connectivity index (χ0) is 13.8. The highest BCUT2D eigenvalue weighted by molar-refractivity contribution is 7.13. The van der Waals surface area contributed by atoms with Gasteiger partial charge in [0.2, 0.25) is 0 Å². The second-order valence-corrected chi connectivity index (χ2v) is 5.33. The van der Waals surface area contributed by atoms with Crippen LogP contribution in [0.15, 0.2) is 23.6 Å². The smallest absolute Gasteiger partial charge is 0.264 e.